The van der Waals surface area contributed by atoms with E-state index in [2.05, 4.69) is 41.4 Å². The van der Waals surface area contributed by atoms with E-state index in [9.17, 15) is 0 Å². The van der Waals surface area contributed by atoms with Crippen LogP contribution in [0.3, 0.4) is 0 Å². The molecule has 4 heteroatoms. The quantitative estimate of drug-likeness (QED) is 0.921. The highest BCUT2D eigenvalue weighted by atomic mass is 35.5. The third kappa shape index (κ3) is 4.69. The average molecular weight is 325 g/mol. The third-order valence-corrected chi connectivity index (χ3v) is 4.83. The minimum atomic E-state index is 0. The van der Waals surface area contributed by atoms with Gasteiger partial charge in [-0.25, -0.2) is 0 Å². The fourth-order valence-electron chi connectivity index (χ4n) is 3.48. The van der Waals surface area contributed by atoms with Gasteiger partial charge in [0.25, 0.3) is 0 Å². The number of hydrogen-bond acceptors (Lipinski definition) is 3. The van der Waals surface area contributed by atoms with Crippen LogP contribution in [0, 0.1) is 5.92 Å². The predicted molar refractivity (Wildman–Crippen MR) is 93.8 cm³/mol. The first-order chi connectivity index (χ1) is 10.3. The van der Waals surface area contributed by atoms with Crippen LogP contribution in [0.2, 0.25) is 0 Å². The molecule has 2 aliphatic heterocycles. The molecule has 2 heterocycles. The summed E-state index contributed by atoms with van der Waals surface area (Å²) in [5.41, 5.74) is 2.73. The lowest BCUT2D eigenvalue weighted by molar-refractivity contribution is -0.0353. The Bertz CT molecular complexity index is 431. The number of nitrogens with one attached hydrogen (secondary N) is 1. The summed E-state index contributed by atoms with van der Waals surface area (Å²) in [5, 5.41) is 3.52. The van der Waals surface area contributed by atoms with Crippen LogP contribution in [0.25, 0.3) is 0 Å². The number of hydrogen-bond donors (Lipinski definition) is 1. The smallest absolute Gasteiger partial charge is 0.0952 e. The third-order valence-electron chi connectivity index (χ3n) is 4.83. The van der Waals surface area contributed by atoms with Gasteiger partial charge >= 0.3 is 0 Å². The molecular formula is C18H29ClN2O. The number of nitrogens with zero attached hydrogens (tertiary/aromatic N) is 1. The van der Waals surface area contributed by atoms with E-state index >= 15 is 0 Å². The van der Waals surface area contributed by atoms with Gasteiger partial charge < -0.3 is 10.1 Å². The zero-order valence-electron chi connectivity index (χ0n) is 13.6. The van der Waals surface area contributed by atoms with Crippen LogP contribution in [0.4, 0.5) is 0 Å². The summed E-state index contributed by atoms with van der Waals surface area (Å²) in [4.78, 5) is 2.60. The van der Waals surface area contributed by atoms with Gasteiger partial charge in [-0.05, 0) is 49.4 Å². The van der Waals surface area contributed by atoms with E-state index < -0.39 is 0 Å². The standard InChI is InChI=1S/C18H28N2O.ClH/c1-2-15-5-7-17(8-6-15)18-14-20(10-11-21-18)13-16-4-3-9-19-12-16;/h5-8,16,18-19H,2-4,9-14H2,1H3;1H. The van der Waals surface area contributed by atoms with Crippen molar-refractivity contribution in [2.75, 3.05) is 39.3 Å². The Morgan fingerprint density at radius 3 is 2.77 bits per heavy atom. The molecule has 2 aliphatic rings. The molecule has 3 nitrogen and oxygen atoms in total. The first-order valence-electron chi connectivity index (χ1n) is 8.48. The number of aryl methyl sites for hydroxylation is 1. The summed E-state index contributed by atoms with van der Waals surface area (Å²) >= 11 is 0. The fourth-order valence-corrected chi connectivity index (χ4v) is 3.48. The Kier molecular flexibility index (Phi) is 7.16. The summed E-state index contributed by atoms with van der Waals surface area (Å²) in [7, 11) is 0. The van der Waals surface area contributed by atoms with Gasteiger partial charge in [0, 0.05) is 19.6 Å². The Morgan fingerprint density at radius 1 is 1.27 bits per heavy atom. The first-order valence-corrected chi connectivity index (χ1v) is 8.48. The van der Waals surface area contributed by atoms with Crippen LogP contribution in [-0.4, -0.2) is 44.2 Å². The van der Waals surface area contributed by atoms with Crippen molar-refractivity contribution in [1.82, 2.24) is 10.2 Å². The lowest BCUT2D eigenvalue weighted by atomic mass is 9.98. The van der Waals surface area contributed by atoms with E-state index in [-0.39, 0.29) is 18.5 Å². The molecule has 1 aromatic carbocycles. The number of benzene rings is 1. The van der Waals surface area contributed by atoms with Crippen LogP contribution >= 0.6 is 12.4 Å². The zero-order chi connectivity index (χ0) is 14.5. The molecule has 0 aliphatic carbocycles. The van der Waals surface area contributed by atoms with Gasteiger partial charge in [-0.1, -0.05) is 31.2 Å². The summed E-state index contributed by atoms with van der Waals surface area (Å²) < 4.78 is 6.00. The number of rotatable bonds is 4. The summed E-state index contributed by atoms with van der Waals surface area (Å²) in [6.07, 6.45) is 4.06. The maximum Gasteiger partial charge on any atom is 0.0952 e. The molecule has 1 N–H and O–H groups in total. The molecule has 2 fully saturated rings. The second kappa shape index (κ2) is 8.88. The number of morpholine rings is 1. The molecule has 124 valence electrons. The van der Waals surface area contributed by atoms with Gasteiger partial charge in [-0.15, -0.1) is 12.4 Å². The molecule has 0 spiro atoms. The van der Waals surface area contributed by atoms with Gasteiger partial charge in [0.15, 0.2) is 0 Å². The SMILES string of the molecule is CCc1ccc(C2CN(CC3CCCNC3)CCO2)cc1.Cl. The van der Waals surface area contributed by atoms with Crippen molar-refractivity contribution in [2.45, 2.75) is 32.3 Å². The highest BCUT2D eigenvalue weighted by molar-refractivity contribution is 5.85. The maximum absolute atomic E-state index is 6.00. The van der Waals surface area contributed by atoms with Gasteiger partial charge in [0.05, 0.1) is 12.7 Å². The minimum absolute atomic E-state index is 0. The van der Waals surface area contributed by atoms with E-state index in [1.165, 1.54) is 43.6 Å². The molecule has 22 heavy (non-hydrogen) atoms. The van der Waals surface area contributed by atoms with E-state index in [1.54, 1.807) is 0 Å². The lowest BCUT2D eigenvalue weighted by Crippen LogP contribution is -2.44. The molecule has 2 atom stereocenters. The van der Waals surface area contributed by atoms with Crippen molar-refractivity contribution >= 4 is 12.4 Å². The highest BCUT2D eigenvalue weighted by Crippen LogP contribution is 2.24. The summed E-state index contributed by atoms with van der Waals surface area (Å²) in [6.45, 7) is 8.80. The van der Waals surface area contributed by atoms with Crippen molar-refractivity contribution in [3.63, 3.8) is 0 Å². The van der Waals surface area contributed by atoms with Crippen molar-refractivity contribution in [2.24, 2.45) is 5.92 Å². The molecule has 0 saturated carbocycles. The van der Waals surface area contributed by atoms with E-state index in [0.717, 1.165) is 32.0 Å². The van der Waals surface area contributed by atoms with E-state index in [1.807, 2.05) is 0 Å². The number of halogens is 1. The molecular weight excluding hydrogens is 296 g/mol. The Morgan fingerprint density at radius 2 is 2.09 bits per heavy atom. The van der Waals surface area contributed by atoms with E-state index in [4.69, 9.17) is 4.74 Å². The highest BCUT2D eigenvalue weighted by Gasteiger charge is 2.24. The van der Waals surface area contributed by atoms with Crippen LogP contribution in [0.15, 0.2) is 24.3 Å². The average Bonchev–Trinajstić information content (AvgIpc) is 2.56. The largest absolute Gasteiger partial charge is 0.371 e. The minimum Gasteiger partial charge on any atom is -0.371 e. The molecule has 2 unspecified atom stereocenters. The van der Waals surface area contributed by atoms with Gasteiger partial charge in [0.1, 0.15) is 0 Å². The summed E-state index contributed by atoms with van der Waals surface area (Å²) in [5.74, 6) is 0.819. The second-order valence-corrected chi connectivity index (χ2v) is 6.43. The molecule has 3 rings (SSSR count). The molecule has 2 saturated heterocycles. The van der Waals surface area contributed by atoms with Gasteiger partial charge in [-0.2, -0.15) is 0 Å². The predicted octanol–water partition coefficient (Wildman–Crippen LogP) is 3.04. The lowest BCUT2D eigenvalue weighted by Gasteiger charge is -2.36. The molecule has 0 radical (unpaired) electrons. The van der Waals surface area contributed by atoms with Crippen molar-refractivity contribution in [1.29, 1.82) is 0 Å². The zero-order valence-corrected chi connectivity index (χ0v) is 14.4. The van der Waals surface area contributed by atoms with Crippen molar-refractivity contribution in [3.8, 4) is 0 Å². The molecule has 1 aromatic rings. The molecule has 0 amide bonds. The van der Waals surface area contributed by atoms with Crippen LogP contribution < -0.4 is 5.32 Å². The Hall–Kier alpha value is -0.610. The summed E-state index contributed by atoms with van der Waals surface area (Å²) in [6, 6.07) is 8.97. The molecule has 0 aromatic heterocycles. The Labute approximate surface area is 140 Å². The normalized spacial score (nSPS) is 26.4. The van der Waals surface area contributed by atoms with Crippen molar-refractivity contribution < 1.29 is 4.74 Å². The topological polar surface area (TPSA) is 24.5 Å². The van der Waals surface area contributed by atoms with Crippen LogP contribution in [0.5, 0.6) is 0 Å². The van der Waals surface area contributed by atoms with Crippen LogP contribution in [0.1, 0.15) is 37.0 Å². The van der Waals surface area contributed by atoms with E-state index in [0.29, 0.717) is 0 Å². The first kappa shape index (κ1) is 17.7. The van der Waals surface area contributed by atoms with Gasteiger partial charge in [0.2, 0.25) is 0 Å². The monoisotopic (exact) mass is 324 g/mol. The second-order valence-electron chi connectivity index (χ2n) is 6.43. The Balaban J connectivity index is 0.00000176. The number of piperidine rings is 1. The van der Waals surface area contributed by atoms with Crippen molar-refractivity contribution in [3.05, 3.63) is 35.4 Å². The fraction of sp³-hybridized carbons (Fsp3) is 0.667. The van der Waals surface area contributed by atoms with Crippen LogP contribution in [-0.2, 0) is 11.2 Å². The number of ether oxygens (including phenoxy) is 1. The maximum atomic E-state index is 6.00. The molecule has 0 bridgehead atoms. The van der Waals surface area contributed by atoms with Gasteiger partial charge in [-0.3, -0.25) is 4.90 Å².